The number of nitrogens with zero attached hydrogens (tertiary/aromatic N) is 2. The third-order valence-corrected chi connectivity index (χ3v) is 3.09. The lowest BCUT2D eigenvalue weighted by Crippen LogP contribution is -2.31. The van der Waals surface area contributed by atoms with Gasteiger partial charge in [0.15, 0.2) is 0 Å². The average Bonchev–Trinajstić information content (AvgIpc) is 2.26. The van der Waals surface area contributed by atoms with E-state index in [0.717, 1.165) is 23.5 Å². The quantitative estimate of drug-likeness (QED) is 0.816. The number of hydrogen-bond donors (Lipinski definition) is 1. The van der Waals surface area contributed by atoms with Crippen LogP contribution in [0, 0.1) is 6.92 Å². The monoisotopic (exact) mass is 237 g/mol. The Kier molecular flexibility index (Phi) is 4.24. The molecular formula is C12H19N3S. The van der Waals surface area contributed by atoms with Crippen molar-refractivity contribution >= 4 is 23.0 Å². The highest BCUT2D eigenvalue weighted by Crippen LogP contribution is 2.20. The molecule has 0 radical (unpaired) electrons. The maximum atomic E-state index is 5.71. The molecule has 1 aromatic rings. The standard InChI is InChI=1S/C12H19N3S/c1-5-9(3)15(4)12-10(11(13)16)7-6-8(2)14-12/h6-7,9H,5H2,1-4H3,(H2,13,16). The largest absolute Gasteiger partial charge is 0.389 e. The maximum absolute atomic E-state index is 5.71. The highest BCUT2D eigenvalue weighted by molar-refractivity contribution is 7.80. The molecule has 4 heteroatoms. The summed E-state index contributed by atoms with van der Waals surface area (Å²) in [6.45, 7) is 6.28. The minimum atomic E-state index is 0.401. The van der Waals surface area contributed by atoms with Gasteiger partial charge in [-0.05, 0) is 32.4 Å². The molecule has 0 saturated heterocycles. The molecule has 0 saturated carbocycles. The van der Waals surface area contributed by atoms with E-state index in [-0.39, 0.29) is 0 Å². The number of nitrogens with two attached hydrogens (primary N) is 1. The van der Waals surface area contributed by atoms with E-state index in [1.165, 1.54) is 0 Å². The normalized spacial score (nSPS) is 12.2. The Labute approximate surface area is 103 Å². The molecule has 16 heavy (non-hydrogen) atoms. The number of aryl methyl sites for hydroxylation is 1. The summed E-state index contributed by atoms with van der Waals surface area (Å²) in [5.74, 6) is 0.877. The van der Waals surface area contributed by atoms with E-state index >= 15 is 0 Å². The van der Waals surface area contributed by atoms with Crippen LogP contribution in [0.1, 0.15) is 31.5 Å². The van der Waals surface area contributed by atoms with E-state index < -0.39 is 0 Å². The summed E-state index contributed by atoms with van der Waals surface area (Å²) in [7, 11) is 2.03. The van der Waals surface area contributed by atoms with Crippen LogP contribution in [0.4, 0.5) is 5.82 Å². The Morgan fingerprint density at radius 3 is 2.69 bits per heavy atom. The summed E-state index contributed by atoms with van der Waals surface area (Å²) in [5, 5.41) is 0. The van der Waals surface area contributed by atoms with Crippen molar-refractivity contribution in [2.45, 2.75) is 33.2 Å². The van der Waals surface area contributed by atoms with Gasteiger partial charge < -0.3 is 10.6 Å². The highest BCUT2D eigenvalue weighted by Gasteiger charge is 2.15. The molecule has 0 spiro atoms. The molecule has 0 aliphatic carbocycles. The predicted octanol–water partition coefficient (Wildman–Crippen LogP) is 2.26. The second kappa shape index (κ2) is 5.25. The van der Waals surface area contributed by atoms with Crippen molar-refractivity contribution in [3.8, 4) is 0 Å². The predicted molar refractivity (Wildman–Crippen MR) is 73.0 cm³/mol. The summed E-state index contributed by atoms with van der Waals surface area (Å²) in [6.07, 6.45) is 1.06. The minimum Gasteiger partial charge on any atom is -0.389 e. The molecule has 1 aromatic heterocycles. The Bertz CT molecular complexity index is 390. The van der Waals surface area contributed by atoms with Gasteiger partial charge in [-0.3, -0.25) is 0 Å². The summed E-state index contributed by atoms with van der Waals surface area (Å²) in [6, 6.07) is 4.30. The molecule has 0 amide bonds. The second-order valence-corrected chi connectivity index (χ2v) is 4.50. The van der Waals surface area contributed by atoms with E-state index in [1.54, 1.807) is 0 Å². The van der Waals surface area contributed by atoms with Gasteiger partial charge in [0, 0.05) is 18.8 Å². The van der Waals surface area contributed by atoms with Crippen LogP contribution >= 0.6 is 12.2 Å². The van der Waals surface area contributed by atoms with Gasteiger partial charge in [0.25, 0.3) is 0 Å². The molecule has 0 aromatic carbocycles. The molecule has 88 valence electrons. The van der Waals surface area contributed by atoms with E-state index in [0.29, 0.717) is 11.0 Å². The van der Waals surface area contributed by atoms with Gasteiger partial charge in [-0.2, -0.15) is 0 Å². The average molecular weight is 237 g/mol. The van der Waals surface area contributed by atoms with E-state index in [2.05, 4.69) is 23.7 Å². The molecule has 0 aliphatic rings. The fourth-order valence-electron chi connectivity index (χ4n) is 1.49. The SMILES string of the molecule is CCC(C)N(C)c1nc(C)ccc1C(N)=S. The summed E-state index contributed by atoms with van der Waals surface area (Å²) in [4.78, 5) is 7.05. The van der Waals surface area contributed by atoms with Crippen LogP contribution in [0.5, 0.6) is 0 Å². The van der Waals surface area contributed by atoms with E-state index in [9.17, 15) is 0 Å². The number of anilines is 1. The number of hydrogen-bond acceptors (Lipinski definition) is 3. The topological polar surface area (TPSA) is 42.2 Å². The Balaban J connectivity index is 3.19. The first-order valence-electron chi connectivity index (χ1n) is 5.47. The fourth-order valence-corrected chi connectivity index (χ4v) is 1.65. The van der Waals surface area contributed by atoms with Gasteiger partial charge >= 0.3 is 0 Å². The molecule has 3 nitrogen and oxygen atoms in total. The van der Waals surface area contributed by atoms with Crippen molar-refractivity contribution in [3.05, 3.63) is 23.4 Å². The van der Waals surface area contributed by atoms with Gasteiger partial charge in [0.1, 0.15) is 10.8 Å². The van der Waals surface area contributed by atoms with Crippen LogP contribution in [0.15, 0.2) is 12.1 Å². The zero-order chi connectivity index (χ0) is 12.3. The Hall–Kier alpha value is -1.16. The molecule has 1 atom stereocenters. The highest BCUT2D eigenvalue weighted by atomic mass is 32.1. The third kappa shape index (κ3) is 2.70. The lowest BCUT2D eigenvalue weighted by Gasteiger charge is -2.27. The van der Waals surface area contributed by atoms with Crippen LogP contribution in [-0.4, -0.2) is 23.1 Å². The van der Waals surface area contributed by atoms with Gasteiger partial charge in [0.2, 0.25) is 0 Å². The molecule has 1 unspecified atom stereocenters. The van der Waals surface area contributed by atoms with Crippen LogP contribution < -0.4 is 10.6 Å². The molecule has 0 fully saturated rings. The second-order valence-electron chi connectivity index (χ2n) is 4.06. The number of aromatic nitrogens is 1. The molecule has 0 aliphatic heterocycles. The molecule has 1 heterocycles. The Morgan fingerprint density at radius 2 is 2.19 bits per heavy atom. The lowest BCUT2D eigenvalue weighted by atomic mass is 10.1. The fraction of sp³-hybridized carbons (Fsp3) is 0.500. The zero-order valence-corrected chi connectivity index (χ0v) is 11.1. The van der Waals surface area contributed by atoms with Crippen molar-refractivity contribution < 1.29 is 0 Å². The van der Waals surface area contributed by atoms with Gasteiger partial charge in [-0.25, -0.2) is 4.98 Å². The number of pyridine rings is 1. The van der Waals surface area contributed by atoms with Crippen molar-refractivity contribution in [3.63, 3.8) is 0 Å². The number of thiocarbonyl (C=S) groups is 1. The van der Waals surface area contributed by atoms with Crippen molar-refractivity contribution in [2.75, 3.05) is 11.9 Å². The lowest BCUT2D eigenvalue weighted by molar-refractivity contribution is 0.656. The van der Waals surface area contributed by atoms with E-state index in [1.807, 2.05) is 26.1 Å². The van der Waals surface area contributed by atoms with Crippen LogP contribution in [0.25, 0.3) is 0 Å². The first-order chi connectivity index (χ1) is 7.47. The number of rotatable bonds is 4. The minimum absolute atomic E-state index is 0.401. The maximum Gasteiger partial charge on any atom is 0.139 e. The molecule has 1 rings (SSSR count). The smallest absolute Gasteiger partial charge is 0.139 e. The first-order valence-corrected chi connectivity index (χ1v) is 5.88. The summed E-state index contributed by atoms with van der Waals surface area (Å²) in [5.41, 5.74) is 7.54. The van der Waals surface area contributed by atoms with Gasteiger partial charge in [-0.15, -0.1) is 0 Å². The third-order valence-electron chi connectivity index (χ3n) is 2.87. The van der Waals surface area contributed by atoms with Gasteiger partial charge in [0.05, 0.1) is 5.56 Å². The Morgan fingerprint density at radius 1 is 1.56 bits per heavy atom. The van der Waals surface area contributed by atoms with Crippen LogP contribution in [-0.2, 0) is 0 Å². The van der Waals surface area contributed by atoms with Crippen molar-refractivity contribution in [2.24, 2.45) is 5.73 Å². The van der Waals surface area contributed by atoms with Gasteiger partial charge in [-0.1, -0.05) is 19.1 Å². The summed E-state index contributed by atoms with van der Waals surface area (Å²) >= 11 is 5.05. The van der Waals surface area contributed by atoms with Crippen molar-refractivity contribution in [1.82, 2.24) is 4.98 Å². The molecule has 2 N–H and O–H groups in total. The van der Waals surface area contributed by atoms with Crippen LogP contribution in [0.2, 0.25) is 0 Å². The van der Waals surface area contributed by atoms with Crippen molar-refractivity contribution in [1.29, 1.82) is 0 Å². The molecule has 0 bridgehead atoms. The molecular weight excluding hydrogens is 218 g/mol. The first kappa shape index (κ1) is 12.9. The van der Waals surface area contributed by atoms with E-state index in [4.69, 9.17) is 18.0 Å². The zero-order valence-electron chi connectivity index (χ0n) is 10.3. The summed E-state index contributed by atoms with van der Waals surface area (Å²) < 4.78 is 0. The van der Waals surface area contributed by atoms with Crippen LogP contribution in [0.3, 0.4) is 0 Å².